The molecule has 0 N–H and O–H groups in total. The highest BCUT2D eigenvalue weighted by Gasteiger charge is 2.24. The van der Waals surface area contributed by atoms with Crippen LogP contribution in [-0.4, -0.2) is 18.1 Å². The van der Waals surface area contributed by atoms with E-state index in [1.54, 1.807) is 6.92 Å². The lowest BCUT2D eigenvalue weighted by Crippen LogP contribution is -2.13. The standard InChI is InChI=1S/C19H20N2O2/c1-12(2)10-16-15(11-20)18(14-8-6-5-7-9-14)17(13(3)21-16)19(22)23-4/h5-9,12H,10H2,1-4H3. The van der Waals surface area contributed by atoms with Crippen LogP contribution in [0.5, 0.6) is 0 Å². The van der Waals surface area contributed by atoms with E-state index in [9.17, 15) is 10.1 Å². The van der Waals surface area contributed by atoms with E-state index in [-0.39, 0.29) is 0 Å². The lowest BCUT2D eigenvalue weighted by molar-refractivity contribution is 0.0600. The summed E-state index contributed by atoms with van der Waals surface area (Å²) in [5.41, 5.74) is 3.57. The number of esters is 1. The summed E-state index contributed by atoms with van der Waals surface area (Å²) >= 11 is 0. The summed E-state index contributed by atoms with van der Waals surface area (Å²) in [6, 6.07) is 11.7. The second-order valence-corrected chi connectivity index (χ2v) is 5.84. The number of rotatable bonds is 4. The summed E-state index contributed by atoms with van der Waals surface area (Å²) in [7, 11) is 1.34. The van der Waals surface area contributed by atoms with E-state index in [4.69, 9.17) is 4.74 Å². The Bertz CT molecular complexity index is 759. The summed E-state index contributed by atoms with van der Waals surface area (Å²) in [6.45, 7) is 5.94. The third-order valence-corrected chi connectivity index (χ3v) is 3.62. The van der Waals surface area contributed by atoms with Crippen molar-refractivity contribution in [2.45, 2.75) is 27.2 Å². The molecule has 0 bridgehead atoms. The molecule has 0 spiro atoms. The maximum absolute atomic E-state index is 12.3. The van der Waals surface area contributed by atoms with E-state index in [0.717, 1.165) is 11.3 Å². The Balaban J connectivity index is 2.84. The van der Waals surface area contributed by atoms with E-state index in [1.807, 2.05) is 30.3 Å². The van der Waals surface area contributed by atoms with Crippen LogP contribution < -0.4 is 0 Å². The fourth-order valence-electron chi connectivity index (χ4n) is 2.66. The van der Waals surface area contributed by atoms with Crippen molar-refractivity contribution in [1.29, 1.82) is 5.26 Å². The molecule has 0 radical (unpaired) electrons. The lowest BCUT2D eigenvalue weighted by Gasteiger charge is -2.16. The third kappa shape index (κ3) is 3.40. The van der Waals surface area contributed by atoms with Gasteiger partial charge in [0.05, 0.1) is 29.6 Å². The zero-order valence-electron chi connectivity index (χ0n) is 13.9. The van der Waals surface area contributed by atoms with E-state index < -0.39 is 5.97 Å². The highest BCUT2D eigenvalue weighted by atomic mass is 16.5. The number of carbonyl (C=O) groups excluding carboxylic acids is 1. The number of hydrogen-bond acceptors (Lipinski definition) is 4. The summed E-state index contributed by atoms with van der Waals surface area (Å²) in [5.74, 6) is -0.108. The highest BCUT2D eigenvalue weighted by molar-refractivity contribution is 6.00. The van der Waals surface area contributed by atoms with Crippen LogP contribution in [0.15, 0.2) is 30.3 Å². The van der Waals surface area contributed by atoms with Crippen LogP contribution in [0.1, 0.15) is 41.2 Å². The van der Waals surface area contributed by atoms with Crippen molar-refractivity contribution in [3.05, 3.63) is 52.8 Å². The Labute approximate surface area is 136 Å². The van der Waals surface area contributed by atoms with E-state index >= 15 is 0 Å². The lowest BCUT2D eigenvalue weighted by atomic mass is 9.91. The first kappa shape index (κ1) is 16.7. The Morgan fingerprint density at radius 1 is 1.30 bits per heavy atom. The molecule has 118 valence electrons. The third-order valence-electron chi connectivity index (χ3n) is 3.62. The van der Waals surface area contributed by atoms with Crippen LogP contribution in [0.3, 0.4) is 0 Å². The molecule has 4 nitrogen and oxygen atoms in total. The molecule has 1 aromatic heterocycles. The van der Waals surface area contributed by atoms with Gasteiger partial charge in [0.2, 0.25) is 0 Å². The molecule has 0 atom stereocenters. The number of aryl methyl sites for hydroxylation is 1. The first-order valence-electron chi connectivity index (χ1n) is 7.56. The van der Waals surface area contributed by atoms with Gasteiger partial charge in [-0.2, -0.15) is 5.26 Å². The smallest absolute Gasteiger partial charge is 0.340 e. The molecule has 0 saturated carbocycles. The number of hydrogen-bond donors (Lipinski definition) is 0. The molecule has 1 heterocycles. The normalized spacial score (nSPS) is 10.4. The van der Waals surface area contributed by atoms with Crippen LogP contribution in [0, 0.1) is 24.2 Å². The minimum absolute atomic E-state index is 0.363. The number of pyridine rings is 1. The quantitative estimate of drug-likeness (QED) is 0.803. The number of benzene rings is 1. The predicted molar refractivity (Wildman–Crippen MR) is 89.0 cm³/mol. The van der Waals surface area contributed by atoms with Gasteiger partial charge in [-0.25, -0.2) is 4.79 Å². The Hall–Kier alpha value is -2.67. The van der Waals surface area contributed by atoms with Gasteiger partial charge >= 0.3 is 5.97 Å². The average molecular weight is 308 g/mol. The number of aromatic nitrogens is 1. The number of nitrogens with zero attached hydrogens (tertiary/aromatic N) is 2. The van der Waals surface area contributed by atoms with Gasteiger partial charge in [-0.3, -0.25) is 4.98 Å². The van der Waals surface area contributed by atoms with Gasteiger partial charge in [-0.1, -0.05) is 44.2 Å². The Kier molecular flexibility index (Phi) is 5.13. The predicted octanol–water partition coefficient (Wildman–Crippen LogP) is 3.91. The van der Waals surface area contributed by atoms with Crippen molar-refractivity contribution >= 4 is 5.97 Å². The van der Waals surface area contributed by atoms with Crippen LogP contribution in [-0.2, 0) is 11.2 Å². The molecule has 4 heteroatoms. The van der Waals surface area contributed by atoms with Crippen LogP contribution in [0.25, 0.3) is 11.1 Å². The summed E-state index contributed by atoms with van der Waals surface area (Å²) in [6.07, 6.45) is 0.686. The molecule has 2 aromatic rings. The van der Waals surface area contributed by atoms with Crippen molar-refractivity contribution in [1.82, 2.24) is 4.98 Å². The van der Waals surface area contributed by atoms with Gasteiger partial charge < -0.3 is 4.74 Å². The molecule has 2 rings (SSSR count). The van der Waals surface area contributed by atoms with Gasteiger partial charge in [-0.05, 0) is 24.8 Å². The Morgan fingerprint density at radius 2 is 1.96 bits per heavy atom. The van der Waals surface area contributed by atoms with Crippen molar-refractivity contribution in [2.75, 3.05) is 7.11 Å². The molecule has 0 aliphatic rings. The second-order valence-electron chi connectivity index (χ2n) is 5.84. The van der Waals surface area contributed by atoms with E-state index in [2.05, 4.69) is 24.9 Å². The van der Waals surface area contributed by atoms with Gasteiger partial charge in [0, 0.05) is 5.56 Å². The number of ether oxygens (including phenoxy) is 1. The zero-order valence-corrected chi connectivity index (χ0v) is 13.9. The molecule has 0 aliphatic carbocycles. The molecular formula is C19H20N2O2. The first-order valence-corrected chi connectivity index (χ1v) is 7.56. The van der Waals surface area contributed by atoms with Gasteiger partial charge in [-0.15, -0.1) is 0 Å². The Morgan fingerprint density at radius 3 is 2.48 bits per heavy atom. The molecule has 0 amide bonds. The molecule has 0 unspecified atom stereocenters. The maximum Gasteiger partial charge on any atom is 0.340 e. The van der Waals surface area contributed by atoms with Crippen molar-refractivity contribution in [2.24, 2.45) is 5.92 Å². The topological polar surface area (TPSA) is 63.0 Å². The van der Waals surface area contributed by atoms with Gasteiger partial charge in [0.1, 0.15) is 6.07 Å². The first-order chi connectivity index (χ1) is 11.0. The summed E-state index contributed by atoms with van der Waals surface area (Å²) in [5, 5.41) is 9.70. The molecule has 0 fully saturated rings. The average Bonchev–Trinajstić information content (AvgIpc) is 2.54. The van der Waals surface area contributed by atoms with Crippen molar-refractivity contribution in [3.63, 3.8) is 0 Å². The molecular weight excluding hydrogens is 288 g/mol. The molecule has 1 aromatic carbocycles. The van der Waals surface area contributed by atoms with E-state index in [0.29, 0.717) is 34.7 Å². The maximum atomic E-state index is 12.3. The molecule has 0 saturated heterocycles. The number of nitriles is 1. The summed E-state index contributed by atoms with van der Waals surface area (Å²) < 4.78 is 4.91. The minimum Gasteiger partial charge on any atom is -0.465 e. The second kappa shape index (κ2) is 7.06. The van der Waals surface area contributed by atoms with Crippen LogP contribution in [0.2, 0.25) is 0 Å². The fraction of sp³-hybridized carbons (Fsp3) is 0.316. The highest BCUT2D eigenvalue weighted by Crippen LogP contribution is 2.32. The van der Waals surface area contributed by atoms with Gasteiger partial charge in [0.15, 0.2) is 0 Å². The van der Waals surface area contributed by atoms with Crippen molar-refractivity contribution in [3.8, 4) is 17.2 Å². The van der Waals surface area contributed by atoms with Crippen LogP contribution >= 0.6 is 0 Å². The molecule has 0 aliphatic heterocycles. The SMILES string of the molecule is COC(=O)c1c(C)nc(CC(C)C)c(C#N)c1-c1ccccc1. The summed E-state index contributed by atoms with van der Waals surface area (Å²) in [4.78, 5) is 16.8. The zero-order chi connectivity index (χ0) is 17.0. The largest absolute Gasteiger partial charge is 0.465 e. The van der Waals surface area contributed by atoms with Gasteiger partial charge in [0.25, 0.3) is 0 Å². The number of carbonyl (C=O) groups is 1. The number of methoxy groups -OCH3 is 1. The van der Waals surface area contributed by atoms with Crippen molar-refractivity contribution < 1.29 is 9.53 Å². The fourth-order valence-corrected chi connectivity index (χ4v) is 2.66. The van der Waals surface area contributed by atoms with Crippen LogP contribution in [0.4, 0.5) is 0 Å². The minimum atomic E-state index is -0.471. The van der Waals surface area contributed by atoms with E-state index in [1.165, 1.54) is 7.11 Å². The molecule has 23 heavy (non-hydrogen) atoms. The monoisotopic (exact) mass is 308 g/mol.